The maximum Gasteiger partial charge on any atom is 0.235 e. The predicted molar refractivity (Wildman–Crippen MR) is 130 cm³/mol. The average Bonchev–Trinajstić information content (AvgIpc) is 2.83. The highest BCUT2D eigenvalue weighted by molar-refractivity contribution is 6.22. The van der Waals surface area contributed by atoms with Gasteiger partial charge < -0.3 is 30.7 Å². The van der Waals surface area contributed by atoms with Gasteiger partial charge in [-0.05, 0) is 30.4 Å². The molecule has 0 radical (unpaired) electrons. The Morgan fingerprint density at radius 2 is 1.89 bits per heavy atom. The largest absolute Gasteiger partial charge is 0.507 e. The summed E-state index contributed by atoms with van der Waals surface area (Å²) in [6.45, 7) is 2.91. The first-order chi connectivity index (χ1) is 17.5. The summed E-state index contributed by atoms with van der Waals surface area (Å²) in [4.78, 5) is 55.4. The zero-order valence-corrected chi connectivity index (χ0v) is 21.0. The van der Waals surface area contributed by atoms with Gasteiger partial charge in [0.15, 0.2) is 28.9 Å². The number of aliphatic hydroxyl groups excluding tert-OH is 1. The Morgan fingerprint density at radius 3 is 2.51 bits per heavy atom. The minimum absolute atomic E-state index is 0.0857. The fraction of sp³-hybridized carbons (Fsp3) is 0.615. The zero-order valence-electron chi connectivity index (χ0n) is 21.0. The molecule has 0 bridgehead atoms. The van der Waals surface area contributed by atoms with Crippen LogP contribution in [0.15, 0.2) is 6.07 Å². The fourth-order valence-corrected chi connectivity index (χ4v) is 6.82. The molecule has 0 spiro atoms. The number of carbonyl (C=O) groups excluding carboxylic acids is 4. The van der Waals surface area contributed by atoms with Gasteiger partial charge >= 0.3 is 0 Å². The van der Waals surface area contributed by atoms with Gasteiger partial charge in [0.25, 0.3) is 0 Å². The van der Waals surface area contributed by atoms with E-state index in [2.05, 4.69) is 4.90 Å². The normalized spacial score (nSPS) is 33.9. The quantitative estimate of drug-likeness (QED) is 0.365. The van der Waals surface area contributed by atoms with E-state index in [-0.39, 0.29) is 24.2 Å². The van der Waals surface area contributed by atoms with Crippen molar-refractivity contribution >= 4 is 28.9 Å². The molecule has 5 N–H and O–H groups in total. The van der Waals surface area contributed by atoms with Crippen LogP contribution < -0.4 is 10.6 Å². The van der Waals surface area contributed by atoms with Gasteiger partial charge in [0.05, 0.1) is 24.7 Å². The molecule has 3 unspecified atom stereocenters. The summed E-state index contributed by atoms with van der Waals surface area (Å²) in [6, 6.07) is 1.87. The number of ether oxygens (including phenoxy) is 1. The number of morpholine rings is 1. The number of nitrogens with zero attached hydrogens (tertiary/aromatic N) is 2. The second kappa shape index (κ2) is 9.16. The Hall–Kier alpha value is -2.86. The number of Topliss-reactive ketones (excluding diaryl/α,β-unsaturated/α-hetero) is 3. The Labute approximate surface area is 214 Å². The first-order valence-corrected chi connectivity index (χ1v) is 12.6. The third kappa shape index (κ3) is 3.87. The predicted octanol–water partition coefficient (Wildman–Crippen LogP) is -0.983. The molecule has 1 amide bonds. The highest BCUT2D eigenvalue weighted by atomic mass is 16.5. The number of hydrogen-bond donors (Lipinski definition) is 4. The van der Waals surface area contributed by atoms with Crippen molar-refractivity contribution in [1.82, 2.24) is 4.90 Å². The van der Waals surface area contributed by atoms with Crippen molar-refractivity contribution in [2.24, 2.45) is 29.4 Å². The van der Waals surface area contributed by atoms with Crippen molar-refractivity contribution in [3.05, 3.63) is 22.8 Å². The minimum Gasteiger partial charge on any atom is -0.507 e. The van der Waals surface area contributed by atoms with Gasteiger partial charge in [0, 0.05) is 57.3 Å². The number of aromatic hydroxyl groups is 1. The Morgan fingerprint density at radius 1 is 1.22 bits per heavy atom. The number of phenols is 1. The van der Waals surface area contributed by atoms with E-state index < -0.39 is 58.6 Å². The molecule has 4 aliphatic rings. The van der Waals surface area contributed by atoms with Crippen LogP contribution in [0.5, 0.6) is 5.75 Å². The second-order valence-electron chi connectivity index (χ2n) is 11.0. The number of aliphatic hydroxyl groups is 2. The SMILES string of the molecule is CN(C)c1cc(CN2CCOCC2)c(O)c2c1C[C@H]1C[C@H]3CC(=O)C(C(N)=O)C(=O)[C@@]3(O)C(O)C1C2=O. The first-order valence-electron chi connectivity index (χ1n) is 12.6. The standard InChI is InChI=1S/C26H33N3O8/c1-28(2)16-9-13(11-29-3-5-37-6-4-29)21(31)19-15(16)8-12-7-14-10-17(30)20(25(27)35)24(34)26(14,36)23(33)18(12)22(19)32/h9,12,14,18,20,23,31,33,36H,3-8,10-11H2,1-2H3,(H2,27,35)/t12-,14+,18?,20?,23?,26+/m1/s1. The van der Waals surface area contributed by atoms with Crippen molar-refractivity contribution in [1.29, 1.82) is 0 Å². The molecule has 2 saturated carbocycles. The molecular weight excluding hydrogens is 482 g/mol. The van der Waals surface area contributed by atoms with Crippen molar-refractivity contribution in [3.63, 3.8) is 0 Å². The lowest BCUT2D eigenvalue weighted by molar-refractivity contribution is -0.194. The summed E-state index contributed by atoms with van der Waals surface area (Å²) < 4.78 is 5.40. The lowest BCUT2D eigenvalue weighted by Gasteiger charge is -2.53. The lowest BCUT2D eigenvalue weighted by Crippen LogP contribution is -2.70. The number of fused-ring (bicyclic) bond motifs is 3. The molecule has 1 aliphatic heterocycles. The number of anilines is 1. The van der Waals surface area contributed by atoms with E-state index in [4.69, 9.17) is 10.5 Å². The molecule has 11 heteroatoms. The van der Waals surface area contributed by atoms with E-state index in [1.54, 1.807) is 0 Å². The summed E-state index contributed by atoms with van der Waals surface area (Å²) in [7, 11) is 3.69. The van der Waals surface area contributed by atoms with Gasteiger partial charge in [-0.2, -0.15) is 0 Å². The van der Waals surface area contributed by atoms with E-state index in [9.17, 15) is 34.5 Å². The number of ketones is 3. The Kier molecular flexibility index (Phi) is 6.38. The molecule has 6 atom stereocenters. The summed E-state index contributed by atoms with van der Waals surface area (Å²) >= 11 is 0. The third-order valence-corrected chi connectivity index (χ3v) is 8.68. The highest BCUT2D eigenvalue weighted by Gasteiger charge is 2.65. The molecule has 1 heterocycles. The topological polar surface area (TPSA) is 171 Å². The molecular formula is C26H33N3O8. The van der Waals surface area contributed by atoms with Crippen molar-refractivity contribution in [3.8, 4) is 5.75 Å². The van der Waals surface area contributed by atoms with Gasteiger partial charge in [-0.1, -0.05) is 0 Å². The molecule has 5 rings (SSSR count). The summed E-state index contributed by atoms with van der Waals surface area (Å²) in [5, 5.41) is 34.1. The average molecular weight is 516 g/mol. The number of amides is 1. The van der Waals surface area contributed by atoms with Gasteiger partial charge in [0.1, 0.15) is 11.9 Å². The molecule has 3 fully saturated rings. The van der Waals surface area contributed by atoms with Crippen molar-refractivity contribution in [2.45, 2.75) is 37.5 Å². The number of rotatable bonds is 4. The maximum absolute atomic E-state index is 14.0. The second-order valence-corrected chi connectivity index (χ2v) is 11.0. The monoisotopic (exact) mass is 515 g/mol. The van der Waals surface area contributed by atoms with Gasteiger partial charge in [-0.15, -0.1) is 0 Å². The van der Waals surface area contributed by atoms with Crippen LogP contribution in [0.3, 0.4) is 0 Å². The maximum atomic E-state index is 14.0. The number of hydrogen-bond acceptors (Lipinski definition) is 10. The van der Waals surface area contributed by atoms with E-state index in [1.165, 1.54) is 0 Å². The first kappa shape index (κ1) is 25.8. The summed E-state index contributed by atoms with van der Waals surface area (Å²) in [6.07, 6.45) is -1.68. The smallest absolute Gasteiger partial charge is 0.235 e. The Bertz CT molecular complexity index is 1180. The number of carbonyl (C=O) groups is 4. The number of nitrogens with two attached hydrogens (primary N) is 1. The van der Waals surface area contributed by atoms with Gasteiger partial charge in [-0.3, -0.25) is 24.1 Å². The van der Waals surface area contributed by atoms with Crippen molar-refractivity contribution < 1.29 is 39.2 Å². The molecule has 200 valence electrons. The van der Waals surface area contributed by atoms with Crippen LogP contribution in [0.25, 0.3) is 0 Å². The summed E-state index contributed by atoms with van der Waals surface area (Å²) in [5.74, 6) is -8.18. The van der Waals surface area contributed by atoms with Crippen LogP contribution in [0.4, 0.5) is 5.69 Å². The zero-order chi connectivity index (χ0) is 26.8. The van der Waals surface area contributed by atoms with E-state index in [0.29, 0.717) is 50.4 Å². The molecule has 0 aromatic heterocycles. The molecule has 3 aliphatic carbocycles. The number of benzene rings is 1. The Balaban J connectivity index is 1.57. The molecule has 1 aromatic rings. The van der Waals surface area contributed by atoms with Crippen LogP contribution >= 0.6 is 0 Å². The molecule has 1 saturated heterocycles. The van der Waals surface area contributed by atoms with E-state index >= 15 is 0 Å². The lowest BCUT2D eigenvalue weighted by atomic mass is 9.53. The van der Waals surface area contributed by atoms with Crippen LogP contribution in [0.1, 0.15) is 34.3 Å². The van der Waals surface area contributed by atoms with E-state index in [1.807, 2.05) is 25.1 Å². The third-order valence-electron chi connectivity index (χ3n) is 8.68. The number of primary amides is 1. The van der Waals surface area contributed by atoms with Gasteiger partial charge in [-0.25, -0.2) is 0 Å². The fourth-order valence-electron chi connectivity index (χ4n) is 6.82. The molecule has 1 aromatic carbocycles. The van der Waals surface area contributed by atoms with Crippen molar-refractivity contribution in [2.75, 3.05) is 45.3 Å². The van der Waals surface area contributed by atoms with Crippen LogP contribution in [0.2, 0.25) is 0 Å². The van der Waals surface area contributed by atoms with E-state index in [0.717, 1.165) is 5.69 Å². The summed E-state index contributed by atoms with van der Waals surface area (Å²) in [5.41, 5.74) is 4.87. The van der Waals surface area contributed by atoms with Crippen LogP contribution in [0, 0.1) is 23.7 Å². The van der Waals surface area contributed by atoms with Gasteiger partial charge in [0.2, 0.25) is 5.91 Å². The minimum atomic E-state index is -2.45. The van der Waals surface area contributed by atoms with Crippen LogP contribution in [-0.4, -0.2) is 95.6 Å². The molecule has 37 heavy (non-hydrogen) atoms. The van der Waals surface area contributed by atoms with Crippen LogP contribution in [-0.2, 0) is 32.1 Å². The highest BCUT2D eigenvalue weighted by Crippen LogP contribution is 2.53. The number of phenolic OH excluding ortho intramolecular Hbond substituents is 1. The molecule has 11 nitrogen and oxygen atoms in total.